The third-order valence-corrected chi connectivity index (χ3v) is 3.31. The molecule has 1 amide bonds. The minimum Gasteiger partial charge on any atom is -0.467 e. The summed E-state index contributed by atoms with van der Waals surface area (Å²) < 4.78 is 42.0. The van der Waals surface area contributed by atoms with Gasteiger partial charge in [-0.1, -0.05) is 31.9 Å². The zero-order chi connectivity index (χ0) is 17.5. The van der Waals surface area contributed by atoms with E-state index in [0.717, 1.165) is 25.0 Å². The molecule has 0 radical (unpaired) electrons. The van der Waals surface area contributed by atoms with Crippen molar-refractivity contribution in [2.24, 2.45) is 0 Å². The fraction of sp³-hybridized carbons (Fsp3) is 0.500. The van der Waals surface area contributed by atoms with Crippen molar-refractivity contribution in [3.05, 3.63) is 35.4 Å². The summed E-state index contributed by atoms with van der Waals surface area (Å²) in [6, 6.07) is 3.62. The van der Waals surface area contributed by atoms with Gasteiger partial charge < -0.3 is 10.1 Å². The van der Waals surface area contributed by atoms with Crippen LogP contribution in [-0.2, 0) is 26.9 Å². The number of alkyl halides is 3. The Balaban J connectivity index is 2.65. The van der Waals surface area contributed by atoms with Crippen molar-refractivity contribution in [3.8, 4) is 0 Å². The van der Waals surface area contributed by atoms with Crippen molar-refractivity contribution in [2.45, 2.75) is 44.8 Å². The number of hydrogen-bond acceptors (Lipinski definition) is 3. The second kappa shape index (κ2) is 8.55. The number of carbonyl (C=O) groups excluding carboxylic acids is 2. The Morgan fingerprint density at radius 2 is 1.83 bits per heavy atom. The molecule has 7 heteroatoms. The fourth-order valence-electron chi connectivity index (χ4n) is 2.04. The first kappa shape index (κ1) is 19.0. The molecule has 0 saturated heterocycles. The quantitative estimate of drug-likeness (QED) is 0.781. The zero-order valence-electron chi connectivity index (χ0n) is 13.1. The van der Waals surface area contributed by atoms with Crippen molar-refractivity contribution in [1.82, 2.24) is 5.32 Å². The SMILES string of the molecule is CCCC[C@H](NC(=O)Cc1ccc(C(F)(F)F)cc1)C(=O)OC. The lowest BCUT2D eigenvalue weighted by Gasteiger charge is -2.16. The minimum atomic E-state index is -4.41. The van der Waals surface area contributed by atoms with Gasteiger partial charge in [-0.05, 0) is 24.1 Å². The number of carbonyl (C=O) groups is 2. The molecule has 0 aromatic heterocycles. The van der Waals surface area contributed by atoms with Crippen LogP contribution in [0.2, 0.25) is 0 Å². The van der Waals surface area contributed by atoms with E-state index in [0.29, 0.717) is 12.0 Å². The molecular weight excluding hydrogens is 311 g/mol. The smallest absolute Gasteiger partial charge is 0.416 e. The normalized spacial score (nSPS) is 12.6. The van der Waals surface area contributed by atoms with Crippen molar-refractivity contribution in [3.63, 3.8) is 0 Å². The number of halogens is 3. The van der Waals surface area contributed by atoms with Crippen LogP contribution in [0.25, 0.3) is 0 Å². The highest BCUT2D eigenvalue weighted by Crippen LogP contribution is 2.29. The lowest BCUT2D eigenvalue weighted by atomic mass is 10.1. The number of nitrogens with one attached hydrogen (secondary N) is 1. The maximum atomic E-state index is 12.5. The van der Waals surface area contributed by atoms with Gasteiger partial charge in [-0.3, -0.25) is 4.79 Å². The van der Waals surface area contributed by atoms with Crippen LogP contribution in [0.15, 0.2) is 24.3 Å². The van der Waals surface area contributed by atoms with Crippen LogP contribution in [-0.4, -0.2) is 25.0 Å². The molecule has 1 aromatic carbocycles. The third kappa shape index (κ3) is 6.30. The van der Waals surface area contributed by atoms with Crippen LogP contribution < -0.4 is 5.32 Å². The van der Waals surface area contributed by atoms with Gasteiger partial charge in [0.2, 0.25) is 5.91 Å². The Labute approximate surface area is 133 Å². The van der Waals surface area contributed by atoms with Gasteiger partial charge in [0.25, 0.3) is 0 Å². The van der Waals surface area contributed by atoms with Crippen molar-refractivity contribution in [2.75, 3.05) is 7.11 Å². The van der Waals surface area contributed by atoms with E-state index in [1.165, 1.54) is 19.2 Å². The summed E-state index contributed by atoms with van der Waals surface area (Å²) in [6.45, 7) is 1.96. The van der Waals surface area contributed by atoms with Crippen LogP contribution in [0.5, 0.6) is 0 Å². The molecule has 23 heavy (non-hydrogen) atoms. The first-order chi connectivity index (χ1) is 10.8. The molecule has 1 atom stereocenters. The number of esters is 1. The number of amides is 1. The molecule has 1 rings (SSSR count). The molecule has 4 nitrogen and oxygen atoms in total. The molecule has 0 unspecified atom stereocenters. The molecule has 128 valence electrons. The van der Waals surface area contributed by atoms with Crippen molar-refractivity contribution < 1.29 is 27.5 Å². The maximum Gasteiger partial charge on any atom is 0.416 e. The largest absolute Gasteiger partial charge is 0.467 e. The van der Waals surface area contributed by atoms with Crippen molar-refractivity contribution in [1.29, 1.82) is 0 Å². The molecule has 0 spiro atoms. The maximum absolute atomic E-state index is 12.5. The molecule has 0 bridgehead atoms. The van der Waals surface area contributed by atoms with Gasteiger partial charge >= 0.3 is 12.1 Å². The number of rotatable bonds is 7. The van der Waals surface area contributed by atoms with Crippen LogP contribution in [0.4, 0.5) is 13.2 Å². The van der Waals surface area contributed by atoms with Gasteiger partial charge in [0.15, 0.2) is 0 Å². The summed E-state index contributed by atoms with van der Waals surface area (Å²) in [4.78, 5) is 23.5. The van der Waals surface area contributed by atoms with Crippen LogP contribution in [0, 0.1) is 0 Å². The molecule has 0 fully saturated rings. The molecule has 0 saturated carbocycles. The van der Waals surface area contributed by atoms with Gasteiger partial charge in [0, 0.05) is 0 Å². The van der Waals surface area contributed by atoms with Gasteiger partial charge in [-0.25, -0.2) is 4.79 Å². The summed E-state index contributed by atoms with van der Waals surface area (Å²) >= 11 is 0. The number of benzene rings is 1. The van der Waals surface area contributed by atoms with E-state index in [2.05, 4.69) is 10.1 Å². The second-order valence-electron chi connectivity index (χ2n) is 5.16. The van der Waals surface area contributed by atoms with Crippen LogP contribution in [0.3, 0.4) is 0 Å². The van der Waals surface area contributed by atoms with Gasteiger partial charge in [-0.15, -0.1) is 0 Å². The molecule has 0 aliphatic carbocycles. The van der Waals surface area contributed by atoms with E-state index in [-0.39, 0.29) is 6.42 Å². The van der Waals surface area contributed by atoms with E-state index in [9.17, 15) is 22.8 Å². The third-order valence-electron chi connectivity index (χ3n) is 3.31. The predicted octanol–water partition coefficient (Wildman–Crippen LogP) is 3.10. The molecule has 1 N–H and O–H groups in total. The summed E-state index contributed by atoms with van der Waals surface area (Å²) in [5.41, 5.74) is -0.327. The fourth-order valence-corrected chi connectivity index (χ4v) is 2.04. The molecular formula is C16H20F3NO3. The molecule has 1 aromatic rings. The summed E-state index contributed by atoms with van der Waals surface area (Å²) in [7, 11) is 1.24. The highest BCUT2D eigenvalue weighted by Gasteiger charge is 2.30. The Morgan fingerprint density at radius 3 is 2.30 bits per heavy atom. The number of methoxy groups -OCH3 is 1. The molecule has 0 heterocycles. The Bertz CT molecular complexity index is 526. The monoisotopic (exact) mass is 331 g/mol. The highest BCUT2D eigenvalue weighted by atomic mass is 19.4. The van der Waals surface area contributed by atoms with Gasteiger partial charge in [0.1, 0.15) is 6.04 Å². The first-order valence-electron chi connectivity index (χ1n) is 7.31. The second-order valence-corrected chi connectivity index (χ2v) is 5.16. The Kier molecular flexibility index (Phi) is 7.06. The zero-order valence-corrected chi connectivity index (χ0v) is 13.1. The lowest BCUT2D eigenvalue weighted by molar-refractivity contribution is -0.145. The molecule has 0 aliphatic heterocycles. The highest BCUT2D eigenvalue weighted by molar-refractivity contribution is 5.85. The lowest BCUT2D eigenvalue weighted by Crippen LogP contribution is -2.42. The van der Waals surface area contributed by atoms with Crippen LogP contribution >= 0.6 is 0 Å². The van der Waals surface area contributed by atoms with E-state index in [1.807, 2.05) is 6.92 Å². The topological polar surface area (TPSA) is 55.4 Å². The summed E-state index contributed by atoms with van der Waals surface area (Å²) in [6.07, 6.45) is -2.43. The van der Waals surface area contributed by atoms with E-state index >= 15 is 0 Å². The Morgan fingerprint density at radius 1 is 1.22 bits per heavy atom. The number of unbranched alkanes of at least 4 members (excludes halogenated alkanes) is 1. The van der Waals surface area contributed by atoms with Crippen LogP contribution in [0.1, 0.15) is 37.3 Å². The van der Waals surface area contributed by atoms with Gasteiger partial charge in [0.05, 0.1) is 19.1 Å². The molecule has 0 aliphatic rings. The first-order valence-corrected chi connectivity index (χ1v) is 7.31. The standard InChI is InChI=1S/C16H20F3NO3/c1-3-4-5-13(15(22)23-2)20-14(21)10-11-6-8-12(9-7-11)16(17,18)19/h6-9,13H,3-5,10H2,1-2H3,(H,20,21)/t13-/m0/s1. The number of ether oxygens (including phenoxy) is 1. The summed E-state index contributed by atoms with van der Waals surface area (Å²) in [5.74, 6) is -0.963. The van der Waals surface area contributed by atoms with Gasteiger partial charge in [-0.2, -0.15) is 13.2 Å². The minimum absolute atomic E-state index is 0.0994. The summed E-state index contributed by atoms with van der Waals surface area (Å²) in [5, 5.41) is 2.56. The van der Waals surface area contributed by atoms with Crippen molar-refractivity contribution >= 4 is 11.9 Å². The predicted molar refractivity (Wildman–Crippen MR) is 78.6 cm³/mol. The van der Waals surface area contributed by atoms with E-state index in [1.54, 1.807) is 0 Å². The Hall–Kier alpha value is -2.05. The average molecular weight is 331 g/mol. The average Bonchev–Trinajstić information content (AvgIpc) is 2.50. The van der Waals surface area contributed by atoms with E-state index in [4.69, 9.17) is 0 Å². The number of hydrogen-bond donors (Lipinski definition) is 1. The van der Waals surface area contributed by atoms with E-state index < -0.39 is 29.7 Å².